The third-order valence-corrected chi connectivity index (χ3v) is 4.12. The average Bonchev–Trinajstić information content (AvgIpc) is 2.91. The number of rotatable bonds is 2. The number of aryl methyl sites for hydroxylation is 1. The summed E-state index contributed by atoms with van der Waals surface area (Å²) in [7, 11) is 0. The minimum absolute atomic E-state index is 0.975. The maximum atomic E-state index is 4.55. The number of imidazole rings is 1. The highest BCUT2D eigenvalue weighted by Crippen LogP contribution is 2.25. The lowest BCUT2D eigenvalue weighted by Crippen LogP contribution is -1.82. The van der Waals surface area contributed by atoms with Gasteiger partial charge in [0, 0.05) is 0 Å². The maximum absolute atomic E-state index is 4.55. The van der Waals surface area contributed by atoms with Gasteiger partial charge in [-0.25, -0.2) is 9.50 Å². The first-order valence-corrected chi connectivity index (χ1v) is 6.45. The van der Waals surface area contributed by atoms with Crippen LogP contribution in [0.15, 0.2) is 23.7 Å². The number of thiophene rings is 1. The summed E-state index contributed by atoms with van der Waals surface area (Å²) in [5, 5.41) is 7.64. The molecule has 3 aromatic rings. The molecule has 0 spiro atoms. The van der Waals surface area contributed by atoms with Crippen molar-refractivity contribution >= 4 is 27.6 Å². The van der Waals surface area contributed by atoms with Gasteiger partial charge >= 0.3 is 0 Å². The normalized spacial score (nSPS) is 11.3. The highest BCUT2D eigenvalue weighted by molar-refractivity contribution is 7.16. The maximum Gasteiger partial charge on any atom is 0.212 e. The fourth-order valence-electron chi connectivity index (χ4n) is 1.43. The van der Waals surface area contributed by atoms with Crippen LogP contribution in [0.4, 0.5) is 0 Å². The van der Waals surface area contributed by atoms with Crippen molar-refractivity contribution in [2.45, 2.75) is 13.3 Å². The van der Waals surface area contributed by atoms with Crippen LogP contribution >= 0.6 is 22.7 Å². The van der Waals surface area contributed by atoms with Gasteiger partial charge in [-0.15, -0.1) is 11.3 Å². The summed E-state index contributed by atoms with van der Waals surface area (Å²) in [6, 6.07) is 4.12. The van der Waals surface area contributed by atoms with Gasteiger partial charge < -0.3 is 0 Å². The zero-order valence-electron chi connectivity index (χ0n) is 8.17. The Balaban J connectivity index is 2.12. The second-order valence-electron chi connectivity index (χ2n) is 3.18. The number of fused-ring (bicyclic) bond motifs is 1. The summed E-state index contributed by atoms with van der Waals surface area (Å²) in [5.41, 5.74) is 1.02. The van der Waals surface area contributed by atoms with E-state index in [1.165, 1.54) is 4.88 Å². The Morgan fingerprint density at radius 3 is 3.07 bits per heavy atom. The van der Waals surface area contributed by atoms with E-state index in [0.29, 0.717) is 0 Å². The predicted octanol–water partition coefficient (Wildman–Crippen LogP) is 3.08. The minimum Gasteiger partial charge on any atom is -0.217 e. The smallest absolute Gasteiger partial charge is 0.212 e. The topological polar surface area (TPSA) is 30.2 Å². The molecule has 0 amide bonds. The van der Waals surface area contributed by atoms with Crippen molar-refractivity contribution in [2.75, 3.05) is 0 Å². The fraction of sp³-hybridized carbons (Fsp3) is 0.200. The first kappa shape index (κ1) is 9.06. The van der Waals surface area contributed by atoms with Gasteiger partial charge in [0.05, 0.1) is 11.1 Å². The lowest BCUT2D eigenvalue weighted by atomic mass is 10.4. The van der Waals surface area contributed by atoms with Gasteiger partial charge in [0.1, 0.15) is 10.7 Å². The molecule has 0 aliphatic carbocycles. The standard InChI is InChI=1S/C10H9N3S2/c1-2-9-12-13-6-7(11-10(13)15-9)8-4-3-5-14-8/h3-6H,2H2,1H3. The molecule has 0 aromatic carbocycles. The van der Waals surface area contributed by atoms with Crippen molar-refractivity contribution in [1.29, 1.82) is 0 Å². The van der Waals surface area contributed by atoms with Crippen LogP contribution in [-0.4, -0.2) is 14.6 Å². The lowest BCUT2D eigenvalue weighted by Gasteiger charge is -1.86. The van der Waals surface area contributed by atoms with Crippen molar-refractivity contribution < 1.29 is 0 Å². The van der Waals surface area contributed by atoms with Gasteiger partial charge in [-0.3, -0.25) is 0 Å². The zero-order valence-corrected chi connectivity index (χ0v) is 9.81. The van der Waals surface area contributed by atoms with Crippen LogP contribution in [0.2, 0.25) is 0 Å². The molecule has 0 fully saturated rings. The molecular weight excluding hydrogens is 226 g/mol. The Kier molecular flexibility index (Phi) is 2.07. The van der Waals surface area contributed by atoms with Crippen LogP contribution in [-0.2, 0) is 6.42 Å². The zero-order chi connectivity index (χ0) is 10.3. The number of hydrogen-bond acceptors (Lipinski definition) is 4. The van der Waals surface area contributed by atoms with Crippen molar-refractivity contribution in [3.8, 4) is 10.6 Å². The molecule has 15 heavy (non-hydrogen) atoms. The largest absolute Gasteiger partial charge is 0.217 e. The average molecular weight is 235 g/mol. The molecule has 0 aliphatic rings. The van der Waals surface area contributed by atoms with Crippen LogP contribution in [0.5, 0.6) is 0 Å². The monoisotopic (exact) mass is 235 g/mol. The highest BCUT2D eigenvalue weighted by Gasteiger charge is 2.08. The molecule has 3 rings (SSSR count). The predicted molar refractivity (Wildman–Crippen MR) is 63.6 cm³/mol. The summed E-state index contributed by atoms with van der Waals surface area (Å²) < 4.78 is 1.87. The van der Waals surface area contributed by atoms with Crippen molar-refractivity contribution in [3.63, 3.8) is 0 Å². The van der Waals surface area contributed by atoms with Crippen molar-refractivity contribution in [2.24, 2.45) is 0 Å². The van der Waals surface area contributed by atoms with E-state index >= 15 is 0 Å². The summed E-state index contributed by atoms with van der Waals surface area (Å²) in [4.78, 5) is 6.73. The van der Waals surface area contributed by atoms with Gasteiger partial charge in [-0.1, -0.05) is 24.3 Å². The Hall–Kier alpha value is -1.20. The van der Waals surface area contributed by atoms with Gasteiger partial charge in [-0.2, -0.15) is 5.10 Å². The first-order valence-electron chi connectivity index (χ1n) is 4.76. The Morgan fingerprint density at radius 1 is 1.47 bits per heavy atom. The van der Waals surface area contributed by atoms with E-state index in [1.54, 1.807) is 22.7 Å². The van der Waals surface area contributed by atoms with Gasteiger partial charge in [-0.05, 0) is 17.9 Å². The van der Waals surface area contributed by atoms with Crippen LogP contribution in [0.25, 0.3) is 15.5 Å². The highest BCUT2D eigenvalue weighted by atomic mass is 32.1. The van der Waals surface area contributed by atoms with Gasteiger partial charge in [0.2, 0.25) is 4.96 Å². The van der Waals surface area contributed by atoms with Crippen LogP contribution in [0, 0.1) is 0 Å². The van der Waals surface area contributed by atoms with E-state index in [1.807, 2.05) is 16.8 Å². The second kappa shape index (κ2) is 3.43. The van der Waals surface area contributed by atoms with Gasteiger partial charge in [0.15, 0.2) is 0 Å². The molecule has 0 atom stereocenters. The molecule has 0 bridgehead atoms. The second-order valence-corrected chi connectivity index (χ2v) is 5.17. The molecule has 3 aromatic heterocycles. The Labute approximate surface area is 95.0 Å². The first-order chi connectivity index (χ1) is 7.36. The van der Waals surface area contributed by atoms with Crippen molar-refractivity contribution in [3.05, 3.63) is 28.7 Å². The number of nitrogens with zero attached hydrogens (tertiary/aromatic N) is 3. The van der Waals surface area contributed by atoms with E-state index in [0.717, 1.165) is 22.1 Å². The van der Waals surface area contributed by atoms with Gasteiger partial charge in [0.25, 0.3) is 0 Å². The molecule has 5 heteroatoms. The van der Waals surface area contributed by atoms with E-state index in [-0.39, 0.29) is 0 Å². The number of hydrogen-bond donors (Lipinski definition) is 0. The minimum atomic E-state index is 0.975. The summed E-state index contributed by atoms with van der Waals surface area (Å²) >= 11 is 3.37. The summed E-state index contributed by atoms with van der Waals surface area (Å²) in [6.07, 6.45) is 2.97. The van der Waals surface area contributed by atoms with Crippen LogP contribution in [0.1, 0.15) is 11.9 Å². The molecule has 0 saturated heterocycles. The molecule has 0 saturated carbocycles. The van der Waals surface area contributed by atoms with E-state index in [4.69, 9.17) is 0 Å². The molecule has 3 heterocycles. The third kappa shape index (κ3) is 1.48. The molecule has 76 valence electrons. The molecule has 0 aliphatic heterocycles. The number of aromatic nitrogens is 3. The third-order valence-electron chi connectivity index (χ3n) is 2.16. The van der Waals surface area contributed by atoms with Crippen LogP contribution < -0.4 is 0 Å². The molecule has 0 unspecified atom stereocenters. The SMILES string of the molecule is CCc1nn2cc(-c3cccs3)nc2s1. The molecule has 3 nitrogen and oxygen atoms in total. The Bertz CT molecular complexity index is 545. The molecular formula is C10H9N3S2. The Morgan fingerprint density at radius 2 is 2.40 bits per heavy atom. The lowest BCUT2D eigenvalue weighted by molar-refractivity contribution is 0.911. The quantitative estimate of drug-likeness (QED) is 0.683. The van der Waals surface area contributed by atoms with E-state index < -0.39 is 0 Å². The molecule has 0 N–H and O–H groups in total. The fourth-order valence-corrected chi connectivity index (χ4v) is 2.92. The van der Waals surface area contributed by atoms with E-state index in [2.05, 4.69) is 28.5 Å². The van der Waals surface area contributed by atoms with Crippen molar-refractivity contribution in [1.82, 2.24) is 14.6 Å². The molecule has 0 radical (unpaired) electrons. The van der Waals surface area contributed by atoms with Crippen LogP contribution in [0.3, 0.4) is 0 Å². The summed E-state index contributed by atoms with van der Waals surface area (Å²) in [5.74, 6) is 0. The van der Waals surface area contributed by atoms with E-state index in [9.17, 15) is 0 Å². The summed E-state index contributed by atoms with van der Waals surface area (Å²) in [6.45, 7) is 2.11.